The summed E-state index contributed by atoms with van der Waals surface area (Å²) in [6.45, 7) is 6.18. The molecule has 1 aromatic carbocycles. The fourth-order valence-electron chi connectivity index (χ4n) is 2.21. The highest BCUT2D eigenvalue weighted by atomic mass is 16.2. The predicted octanol–water partition coefficient (Wildman–Crippen LogP) is 1.90. The standard InChI is InChI=1S/C14H14N4O2/c1-14(2,3)8-4-5-9-10(6-8)12(20)18(11(9)19)13-15-7-16-17-13/h4-7H,1-3H3,(H,15,16,17). The first-order valence-corrected chi connectivity index (χ1v) is 6.28. The van der Waals surface area contributed by atoms with Gasteiger partial charge in [-0.3, -0.25) is 9.59 Å². The summed E-state index contributed by atoms with van der Waals surface area (Å²) in [4.78, 5) is 29.6. The minimum absolute atomic E-state index is 0.0853. The van der Waals surface area contributed by atoms with E-state index in [9.17, 15) is 9.59 Å². The molecule has 1 aliphatic heterocycles. The van der Waals surface area contributed by atoms with Gasteiger partial charge in [0.05, 0.1) is 11.1 Å². The van der Waals surface area contributed by atoms with E-state index in [0.717, 1.165) is 10.5 Å². The normalized spacial score (nSPS) is 14.8. The summed E-state index contributed by atoms with van der Waals surface area (Å²) in [5.41, 5.74) is 1.74. The summed E-state index contributed by atoms with van der Waals surface area (Å²) < 4.78 is 0. The Hall–Kier alpha value is -2.50. The second kappa shape index (κ2) is 4.00. The SMILES string of the molecule is CC(C)(C)c1ccc2c(c1)C(=O)N(c1ncn[nH]1)C2=O. The fraction of sp³-hybridized carbons (Fsp3) is 0.286. The Kier molecular flexibility index (Phi) is 2.50. The number of carbonyl (C=O) groups excluding carboxylic acids is 2. The molecule has 2 amide bonds. The van der Waals surface area contributed by atoms with Gasteiger partial charge in [0.2, 0.25) is 5.95 Å². The lowest BCUT2D eigenvalue weighted by Crippen LogP contribution is -2.30. The first kappa shape index (κ1) is 12.5. The first-order chi connectivity index (χ1) is 9.39. The van der Waals surface area contributed by atoms with Crippen molar-refractivity contribution in [3.05, 3.63) is 41.2 Å². The van der Waals surface area contributed by atoms with E-state index >= 15 is 0 Å². The Morgan fingerprint density at radius 3 is 2.40 bits per heavy atom. The minimum atomic E-state index is -0.373. The van der Waals surface area contributed by atoms with Gasteiger partial charge in [-0.1, -0.05) is 26.8 Å². The molecule has 6 nitrogen and oxygen atoms in total. The molecule has 2 heterocycles. The van der Waals surface area contributed by atoms with Crippen LogP contribution in [-0.2, 0) is 5.41 Å². The van der Waals surface area contributed by atoms with Crippen LogP contribution in [0.15, 0.2) is 24.5 Å². The lowest BCUT2D eigenvalue weighted by molar-refractivity contribution is 0.0924. The highest BCUT2D eigenvalue weighted by Crippen LogP contribution is 2.30. The van der Waals surface area contributed by atoms with Crippen LogP contribution in [0.5, 0.6) is 0 Å². The van der Waals surface area contributed by atoms with Crippen LogP contribution in [-0.4, -0.2) is 27.0 Å². The van der Waals surface area contributed by atoms with Crippen molar-refractivity contribution in [1.82, 2.24) is 15.2 Å². The lowest BCUT2D eigenvalue weighted by Gasteiger charge is -2.19. The number of H-pyrrole nitrogens is 1. The number of anilines is 1. The number of benzene rings is 1. The third-order valence-corrected chi connectivity index (χ3v) is 3.37. The van der Waals surface area contributed by atoms with Crippen LogP contribution >= 0.6 is 0 Å². The number of nitrogens with zero attached hydrogens (tertiary/aromatic N) is 3. The van der Waals surface area contributed by atoms with Crippen molar-refractivity contribution in [2.24, 2.45) is 0 Å². The molecule has 0 aliphatic carbocycles. The molecular weight excluding hydrogens is 256 g/mol. The van der Waals surface area contributed by atoms with E-state index in [-0.39, 0.29) is 23.2 Å². The van der Waals surface area contributed by atoms with E-state index in [2.05, 4.69) is 36.0 Å². The molecule has 1 aromatic heterocycles. The van der Waals surface area contributed by atoms with Gasteiger partial charge in [0, 0.05) is 0 Å². The fourth-order valence-corrected chi connectivity index (χ4v) is 2.21. The monoisotopic (exact) mass is 270 g/mol. The Morgan fingerprint density at radius 2 is 1.80 bits per heavy atom. The van der Waals surface area contributed by atoms with Crippen molar-refractivity contribution in [2.75, 3.05) is 4.90 Å². The van der Waals surface area contributed by atoms with Crippen LogP contribution in [0.3, 0.4) is 0 Å². The molecule has 0 saturated carbocycles. The highest BCUT2D eigenvalue weighted by Gasteiger charge is 2.38. The Morgan fingerprint density at radius 1 is 1.10 bits per heavy atom. The van der Waals surface area contributed by atoms with Gasteiger partial charge in [-0.2, -0.15) is 10.1 Å². The summed E-state index contributed by atoms with van der Waals surface area (Å²) >= 11 is 0. The maximum atomic E-state index is 12.4. The van der Waals surface area contributed by atoms with Gasteiger partial charge in [0.1, 0.15) is 6.33 Å². The van der Waals surface area contributed by atoms with Gasteiger partial charge in [-0.15, -0.1) is 0 Å². The summed E-state index contributed by atoms with van der Waals surface area (Å²) in [7, 11) is 0. The van der Waals surface area contributed by atoms with Gasteiger partial charge in [0.25, 0.3) is 11.8 Å². The number of fused-ring (bicyclic) bond motifs is 1. The molecule has 0 unspecified atom stereocenters. The molecule has 2 aromatic rings. The molecule has 0 spiro atoms. The highest BCUT2D eigenvalue weighted by molar-refractivity contribution is 6.33. The molecule has 6 heteroatoms. The van der Waals surface area contributed by atoms with E-state index < -0.39 is 0 Å². The summed E-state index contributed by atoms with van der Waals surface area (Å²) in [6.07, 6.45) is 1.26. The minimum Gasteiger partial charge on any atom is -0.268 e. The summed E-state index contributed by atoms with van der Waals surface area (Å²) in [5, 5.41) is 6.22. The van der Waals surface area contributed by atoms with Crippen LogP contribution < -0.4 is 4.90 Å². The van der Waals surface area contributed by atoms with E-state index in [1.165, 1.54) is 6.33 Å². The Bertz CT molecular complexity index is 698. The molecule has 20 heavy (non-hydrogen) atoms. The molecule has 3 rings (SSSR count). The van der Waals surface area contributed by atoms with Crippen molar-refractivity contribution >= 4 is 17.8 Å². The number of nitrogens with one attached hydrogen (secondary N) is 1. The second-order valence-corrected chi connectivity index (χ2v) is 5.77. The summed E-state index contributed by atoms with van der Waals surface area (Å²) in [6, 6.07) is 5.37. The van der Waals surface area contributed by atoms with Crippen LogP contribution in [0, 0.1) is 0 Å². The lowest BCUT2D eigenvalue weighted by atomic mass is 9.85. The number of aromatic nitrogens is 3. The topological polar surface area (TPSA) is 79.0 Å². The predicted molar refractivity (Wildman–Crippen MR) is 72.7 cm³/mol. The number of imide groups is 1. The molecule has 0 saturated heterocycles. The second-order valence-electron chi connectivity index (χ2n) is 5.77. The molecule has 0 atom stereocenters. The molecule has 1 N–H and O–H groups in total. The maximum Gasteiger partial charge on any atom is 0.268 e. The van der Waals surface area contributed by atoms with Crippen molar-refractivity contribution < 1.29 is 9.59 Å². The van der Waals surface area contributed by atoms with Gasteiger partial charge >= 0.3 is 0 Å². The zero-order valence-electron chi connectivity index (χ0n) is 11.5. The third-order valence-electron chi connectivity index (χ3n) is 3.37. The van der Waals surface area contributed by atoms with Crippen LogP contribution in [0.25, 0.3) is 0 Å². The van der Waals surface area contributed by atoms with Crippen LogP contribution in [0.1, 0.15) is 47.1 Å². The van der Waals surface area contributed by atoms with E-state index in [0.29, 0.717) is 11.1 Å². The van der Waals surface area contributed by atoms with Gasteiger partial charge < -0.3 is 0 Å². The number of rotatable bonds is 1. The van der Waals surface area contributed by atoms with Crippen LogP contribution in [0.2, 0.25) is 0 Å². The van der Waals surface area contributed by atoms with Crippen LogP contribution in [0.4, 0.5) is 5.95 Å². The maximum absolute atomic E-state index is 12.4. The third kappa shape index (κ3) is 1.72. The average Bonchev–Trinajstić information content (AvgIpc) is 2.97. The molecule has 0 fully saturated rings. The first-order valence-electron chi connectivity index (χ1n) is 6.28. The molecular formula is C14H14N4O2. The van der Waals surface area contributed by atoms with E-state index in [1.54, 1.807) is 12.1 Å². The largest absolute Gasteiger partial charge is 0.268 e. The molecule has 1 aliphatic rings. The quantitative estimate of drug-likeness (QED) is 0.803. The van der Waals surface area contributed by atoms with Crippen molar-refractivity contribution in [1.29, 1.82) is 0 Å². The number of aromatic amines is 1. The molecule has 0 radical (unpaired) electrons. The van der Waals surface area contributed by atoms with Crippen molar-refractivity contribution in [3.63, 3.8) is 0 Å². The number of carbonyl (C=O) groups is 2. The van der Waals surface area contributed by atoms with Crippen molar-refractivity contribution in [3.8, 4) is 0 Å². The molecule has 0 bridgehead atoms. The zero-order valence-corrected chi connectivity index (χ0v) is 11.5. The van der Waals surface area contributed by atoms with Gasteiger partial charge in [-0.05, 0) is 23.1 Å². The van der Waals surface area contributed by atoms with Crippen molar-refractivity contribution in [2.45, 2.75) is 26.2 Å². The van der Waals surface area contributed by atoms with Gasteiger partial charge in [-0.25, -0.2) is 10.00 Å². The molecule has 102 valence electrons. The number of hydrogen-bond acceptors (Lipinski definition) is 4. The summed E-state index contributed by atoms with van der Waals surface area (Å²) in [5.74, 6) is -0.594. The van der Waals surface area contributed by atoms with Gasteiger partial charge in [0.15, 0.2) is 0 Å². The number of hydrogen-bond donors (Lipinski definition) is 1. The smallest absolute Gasteiger partial charge is 0.268 e. The van der Waals surface area contributed by atoms with E-state index in [1.807, 2.05) is 6.07 Å². The zero-order chi connectivity index (χ0) is 14.5. The Balaban J connectivity index is 2.10. The Labute approximate surface area is 115 Å². The average molecular weight is 270 g/mol. The van der Waals surface area contributed by atoms with E-state index in [4.69, 9.17) is 0 Å². The number of amides is 2.